The summed E-state index contributed by atoms with van der Waals surface area (Å²) in [6.45, 7) is 0. The van der Waals surface area contributed by atoms with Gasteiger partial charge in [-0.25, -0.2) is 4.79 Å². The Morgan fingerprint density at radius 3 is 2.14 bits per heavy atom. The molecule has 43 heavy (non-hydrogen) atoms. The number of anilines is 1. The molecule has 16 nitrogen and oxygen atoms in total. The first-order valence-corrected chi connectivity index (χ1v) is 12.9. The molecule has 0 bridgehead atoms. The van der Waals surface area contributed by atoms with Gasteiger partial charge in [0.1, 0.15) is 0 Å². The second kappa shape index (κ2) is 12.1. The Balaban J connectivity index is 0.000000934. The highest BCUT2D eigenvalue weighted by Crippen LogP contribution is 2.43. The average molecular weight is 693 g/mol. The van der Waals surface area contributed by atoms with E-state index in [4.69, 9.17) is 22.0 Å². The zero-order chi connectivity index (χ0) is 32.4. The molecule has 3 aromatic carbocycles. The molecule has 21 heteroatoms. The molecule has 0 saturated heterocycles. The maximum Gasteiger partial charge on any atom is 0.417 e. The second-order valence-corrected chi connectivity index (χ2v) is 9.85. The SMILES string of the molecule is O=C(O)c1cc(Br)ccc1NC(=O)c1noc2cc(-c3ccc([N+](=O)[O-])cc3C(F)(F)F)c([N+](=O)[O-])cc12.O=S(=O)(O)O. The summed E-state index contributed by atoms with van der Waals surface area (Å²) in [6.07, 6.45) is -5.11. The maximum atomic E-state index is 13.7. The Morgan fingerprint density at radius 1 is 0.977 bits per heavy atom. The van der Waals surface area contributed by atoms with Gasteiger partial charge >= 0.3 is 22.5 Å². The Bertz CT molecular complexity index is 1900. The van der Waals surface area contributed by atoms with Gasteiger partial charge in [-0.05, 0) is 30.3 Å². The summed E-state index contributed by atoms with van der Waals surface area (Å²) >= 11 is 3.11. The molecule has 1 heterocycles. The highest BCUT2D eigenvalue weighted by atomic mass is 79.9. The topological polar surface area (TPSA) is 253 Å². The fourth-order valence-corrected chi connectivity index (χ4v) is 3.96. The highest BCUT2D eigenvalue weighted by Gasteiger charge is 2.37. The number of nitrogens with zero attached hydrogens (tertiary/aromatic N) is 3. The van der Waals surface area contributed by atoms with Crippen molar-refractivity contribution in [3.05, 3.63) is 90.1 Å². The summed E-state index contributed by atoms with van der Waals surface area (Å²) in [5, 5.41) is 37.8. The van der Waals surface area contributed by atoms with Crippen molar-refractivity contribution in [3.8, 4) is 11.1 Å². The Morgan fingerprint density at radius 2 is 1.60 bits per heavy atom. The van der Waals surface area contributed by atoms with Crippen LogP contribution in [0, 0.1) is 20.2 Å². The van der Waals surface area contributed by atoms with Crippen molar-refractivity contribution in [2.24, 2.45) is 0 Å². The molecule has 0 fully saturated rings. The first-order valence-electron chi connectivity index (χ1n) is 10.8. The lowest BCUT2D eigenvalue weighted by molar-refractivity contribution is -0.385. The number of carboxylic acid groups (broad SMARTS) is 1. The van der Waals surface area contributed by atoms with Gasteiger partial charge in [0.25, 0.3) is 17.3 Å². The minimum Gasteiger partial charge on any atom is -0.478 e. The summed E-state index contributed by atoms with van der Waals surface area (Å²) in [7, 11) is -4.67. The third-order valence-electron chi connectivity index (χ3n) is 5.27. The third-order valence-corrected chi connectivity index (χ3v) is 5.76. The third kappa shape index (κ3) is 7.85. The van der Waals surface area contributed by atoms with E-state index in [2.05, 4.69) is 26.4 Å². The fraction of sp³-hybridized carbons (Fsp3) is 0.0455. The van der Waals surface area contributed by atoms with Crippen LogP contribution in [0.5, 0.6) is 0 Å². The number of carbonyl (C=O) groups is 2. The Labute approximate surface area is 243 Å². The van der Waals surface area contributed by atoms with Crippen LogP contribution in [0.2, 0.25) is 0 Å². The number of carboxylic acids is 1. The van der Waals surface area contributed by atoms with Gasteiger partial charge < -0.3 is 14.9 Å². The van der Waals surface area contributed by atoms with Crippen molar-refractivity contribution in [2.45, 2.75) is 6.18 Å². The summed E-state index contributed by atoms with van der Waals surface area (Å²) in [4.78, 5) is 45.1. The van der Waals surface area contributed by atoms with Crippen LogP contribution in [-0.2, 0) is 16.6 Å². The number of rotatable bonds is 6. The quantitative estimate of drug-likeness (QED) is 0.112. The standard InChI is InChI=1S/C22H10BrF3N4O8.H2O4S/c23-9-1-4-16(13(5-9)21(32)33)27-20(31)19-14-7-17(30(36)37)12(8-18(14)38-28-19)11-3-2-10(29(34)35)6-15(11)22(24,25)26;1-5(2,3)4/h1-8H,(H,27,31)(H,32,33);(H2,1,2,3,4). The molecule has 0 aliphatic rings. The van der Waals surface area contributed by atoms with Crippen molar-refractivity contribution >= 4 is 66.2 Å². The lowest BCUT2D eigenvalue weighted by atomic mass is 9.96. The molecule has 0 atom stereocenters. The van der Waals surface area contributed by atoms with Crippen LogP contribution in [0.15, 0.2) is 57.5 Å². The number of nitro groups is 2. The Kier molecular flexibility index (Phi) is 9.14. The van der Waals surface area contributed by atoms with Crippen LogP contribution in [0.1, 0.15) is 26.4 Å². The summed E-state index contributed by atoms with van der Waals surface area (Å²) in [5.41, 5.74) is -5.80. The second-order valence-electron chi connectivity index (χ2n) is 8.04. The lowest BCUT2D eigenvalue weighted by Crippen LogP contribution is -2.15. The molecule has 1 aromatic heterocycles. The van der Waals surface area contributed by atoms with E-state index in [9.17, 15) is 48.1 Å². The first kappa shape index (κ1) is 32.5. The van der Waals surface area contributed by atoms with Crippen LogP contribution in [0.4, 0.5) is 30.2 Å². The summed E-state index contributed by atoms with van der Waals surface area (Å²) in [6, 6.07) is 7.31. The van der Waals surface area contributed by atoms with Crippen molar-refractivity contribution in [3.63, 3.8) is 0 Å². The van der Waals surface area contributed by atoms with Crippen LogP contribution in [0.3, 0.4) is 0 Å². The molecule has 0 aliphatic carbocycles. The van der Waals surface area contributed by atoms with Crippen LogP contribution in [0.25, 0.3) is 22.1 Å². The van der Waals surface area contributed by atoms with Gasteiger partial charge in [0.2, 0.25) is 0 Å². The van der Waals surface area contributed by atoms with Gasteiger partial charge in [0, 0.05) is 28.2 Å². The van der Waals surface area contributed by atoms with E-state index in [1.807, 2.05) is 0 Å². The van der Waals surface area contributed by atoms with Gasteiger partial charge in [-0.15, -0.1) is 0 Å². The number of aromatic carboxylic acids is 1. The molecular weight excluding hydrogens is 681 g/mol. The smallest absolute Gasteiger partial charge is 0.417 e. The predicted molar refractivity (Wildman–Crippen MR) is 141 cm³/mol. The molecule has 1 amide bonds. The number of nitro benzene ring substituents is 2. The average Bonchev–Trinajstić information content (AvgIpc) is 3.30. The number of amides is 1. The minimum atomic E-state index is -5.11. The molecule has 0 radical (unpaired) electrons. The Hall–Kier alpha value is -4.99. The monoisotopic (exact) mass is 692 g/mol. The molecule has 4 rings (SSSR count). The maximum absolute atomic E-state index is 13.7. The molecule has 4 N–H and O–H groups in total. The van der Waals surface area contributed by atoms with Crippen molar-refractivity contribution < 1.29 is 59.8 Å². The van der Waals surface area contributed by atoms with Crippen molar-refractivity contribution in [1.29, 1.82) is 0 Å². The number of nitrogens with one attached hydrogen (secondary N) is 1. The van der Waals surface area contributed by atoms with Gasteiger partial charge in [-0.2, -0.15) is 21.6 Å². The van der Waals surface area contributed by atoms with Crippen LogP contribution >= 0.6 is 15.9 Å². The van der Waals surface area contributed by atoms with E-state index >= 15 is 0 Å². The number of halogens is 4. The normalized spacial score (nSPS) is 11.4. The summed E-state index contributed by atoms with van der Waals surface area (Å²) in [5.74, 6) is -2.38. The molecule has 226 valence electrons. The number of aromatic nitrogens is 1. The highest BCUT2D eigenvalue weighted by molar-refractivity contribution is 9.10. The number of hydrogen-bond donors (Lipinski definition) is 4. The van der Waals surface area contributed by atoms with Gasteiger partial charge in [0.15, 0.2) is 11.3 Å². The zero-order valence-corrected chi connectivity index (χ0v) is 22.8. The fourth-order valence-electron chi connectivity index (χ4n) is 3.60. The number of non-ortho nitro benzene ring substituents is 1. The molecule has 0 saturated carbocycles. The van der Waals surface area contributed by atoms with Crippen LogP contribution in [-0.4, -0.2) is 49.5 Å². The molecular formula is C22H12BrF3N4O12S. The largest absolute Gasteiger partial charge is 0.478 e. The van der Waals surface area contributed by atoms with E-state index in [0.717, 1.165) is 24.3 Å². The van der Waals surface area contributed by atoms with E-state index < -0.39 is 72.1 Å². The van der Waals surface area contributed by atoms with E-state index in [1.165, 1.54) is 18.2 Å². The van der Waals surface area contributed by atoms with Gasteiger partial charge in [-0.3, -0.25) is 34.1 Å². The van der Waals surface area contributed by atoms with E-state index in [1.54, 1.807) is 0 Å². The number of hydrogen-bond acceptors (Lipinski definition) is 10. The zero-order valence-electron chi connectivity index (χ0n) is 20.4. The number of carbonyl (C=O) groups excluding carboxylic acids is 1. The molecule has 4 aromatic rings. The number of benzene rings is 3. The predicted octanol–water partition coefficient (Wildman–Crippen LogP) is 5.39. The van der Waals surface area contributed by atoms with Crippen LogP contribution < -0.4 is 5.32 Å². The minimum absolute atomic E-state index is 0.131. The van der Waals surface area contributed by atoms with Gasteiger partial charge in [-0.1, -0.05) is 21.1 Å². The molecule has 0 aliphatic heterocycles. The van der Waals surface area contributed by atoms with Crippen molar-refractivity contribution in [1.82, 2.24) is 5.16 Å². The summed E-state index contributed by atoms with van der Waals surface area (Å²) < 4.78 is 78.2. The lowest BCUT2D eigenvalue weighted by Gasteiger charge is -2.13. The van der Waals surface area contributed by atoms with Crippen molar-refractivity contribution in [2.75, 3.05) is 5.32 Å². The number of alkyl halides is 3. The molecule has 0 spiro atoms. The molecule has 0 unspecified atom stereocenters. The van der Waals surface area contributed by atoms with E-state index in [-0.39, 0.29) is 28.3 Å². The first-order chi connectivity index (χ1) is 19.8. The van der Waals surface area contributed by atoms with Gasteiger partial charge in [0.05, 0.1) is 37.6 Å². The number of fused-ring (bicyclic) bond motifs is 1. The van der Waals surface area contributed by atoms with E-state index in [0.29, 0.717) is 4.47 Å².